The van der Waals surface area contributed by atoms with Gasteiger partial charge in [0, 0.05) is 12.6 Å². The summed E-state index contributed by atoms with van der Waals surface area (Å²) in [6.07, 6.45) is 7.56. The van der Waals surface area contributed by atoms with Crippen molar-refractivity contribution in [3.63, 3.8) is 0 Å². The van der Waals surface area contributed by atoms with E-state index in [1.165, 1.54) is 24.2 Å². The number of phenolic OH excluding ortho intramolecular Hbond substituents is 1. The lowest BCUT2D eigenvalue weighted by atomic mass is 10.2. The molecule has 2 rings (SSSR count). The normalized spacial score (nSPS) is 18.0. The number of allylic oxidation sites excluding steroid dienone is 2. The number of benzene rings is 1. The van der Waals surface area contributed by atoms with Crippen LogP contribution in [-0.4, -0.2) is 46.7 Å². The third kappa shape index (κ3) is 4.12. The zero-order valence-corrected chi connectivity index (χ0v) is 12.8. The highest BCUT2D eigenvalue weighted by Gasteiger charge is 2.32. The average Bonchev–Trinajstić information content (AvgIpc) is 3.02. The van der Waals surface area contributed by atoms with Gasteiger partial charge in [0.1, 0.15) is 6.04 Å². The van der Waals surface area contributed by atoms with E-state index in [0.29, 0.717) is 25.1 Å². The Bertz CT molecular complexity index is 650. The van der Waals surface area contributed by atoms with Gasteiger partial charge in [-0.3, -0.25) is 4.79 Å². The third-order valence-corrected chi connectivity index (χ3v) is 3.66. The minimum absolute atomic E-state index is 0.0594. The maximum absolute atomic E-state index is 12.0. The first kappa shape index (κ1) is 16.6. The van der Waals surface area contributed by atoms with E-state index in [-0.39, 0.29) is 11.7 Å². The number of hydrogen-bond acceptors (Lipinski definition) is 4. The number of ether oxygens (including phenoxy) is 1. The summed E-state index contributed by atoms with van der Waals surface area (Å²) in [5.41, 5.74) is 0.807. The van der Waals surface area contributed by atoms with E-state index in [4.69, 9.17) is 9.84 Å². The molecule has 2 N–H and O–H groups in total. The molecule has 0 spiro atoms. The lowest BCUT2D eigenvalue weighted by molar-refractivity contribution is -0.146. The van der Waals surface area contributed by atoms with Crippen molar-refractivity contribution in [2.24, 2.45) is 0 Å². The number of hydrogen-bond donors (Lipinski definition) is 2. The van der Waals surface area contributed by atoms with Gasteiger partial charge in [-0.2, -0.15) is 0 Å². The van der Waals surface area contributed by atoms with Crippen LogP contribution in [0.4, 0.5) is 0 Å². The van der Waals surface area contributed by atoms with Crippen LogP contribution in [0.25, 0.3) is 6.08 Å². The molecule has 1 aliphatic rings. The van der Waals surface area contributed by atoms with E-state index in [2.05, 4.69) is 0 Å². The Kier molecular flexibility index (Phi) is 5.41. The molecular formula is C17H19NO5. The van der Waals surface area contributed by atoms with E-state index in [1.807, 2.05) is 0 Å². The Hall–Kier alpha value is -2.76. The maximum Gasteiger partial charge on any atom is 0.326 e. The molecule has 0 aromatic heterocycles. The number of phenols is 1. The predicted octanol–water partition coefficient (Wildman–Crippen LogP) is 2.05. The Labute approximate surface area is 134 Å². The Balaban J connectivity index is 1.98. The van der Waals surface area contributed by atoms with Gasteiger partial charge in [-0.05, 0) is 30.5 Å². The largest absolute Gasteiger partial charge is 0.504 e. The molecule has 6 nitrogen and oxygen atoms in total. The number of aliphatic carboxylic acids is 1. The highest BCUT2D eigenvalue weighted by molar-refractivity contribution is 5.92. The Morgan fingerprint density at radius 3 is 2.83 bits per heavy atom. The molecule has 0 radical (unpaired) electrons. The van der Waals surface area contributed by atoms with Gasteiger partial charge in [-0.25, -0.2) is 4.79 Å². The number of rotatable bonds is 5. The van der Waals surface area contributed by atoms with Crippen molar-refractivity contribution < 1.29 is 24.5 Å². The molecule has 1 atom stereocenters. The summed E-state index contributed by atoms with van der Waals surface area (Å²) in [5, 5.41) is 18.6. The SMILES string of the molecule is COc1cc(/C=C/C=C/C(=O)N2CCCC2C(=O)O)ccc1O. The molecule has 0 aliphatic carbocycles. The van der Waals surface area contributed by atoms with Crippen LogP contribution >= 0.6 is 0 Å². The van der Waals surface area contributed by atoms with E-state index < -0.39 is 12.0 Å². The molecule has 1 heterocycles. The van der Waals surface area contributed by atoms with Crippen LogP contribution in [0.1, 0.15) is 18.4 Å². The van der Waals surface area contributed by atoms with E-state index in [1.54, 1.807) is 30.4 Å². The molecule has 0 bridgehead atoms. The van der Waals surface area contributed by atoms with E-state index >= 15 is 0 Å². The molecule has 1 aliphatic heterocycles. The number of amides is 1. The maximum atomic E-state index is 12.0. The van der Waals surface area contributed by atoms with Crippen LogP contribution in [-0.2, 0) is 9.59 Å². The van der Waals surface area contributed by atoms with Gasteiger partial charge in [0.2, 0.25) is 5.91 Å². The lowest BCUT2D eigenvalue weighted by Gasteiger charge is -2.19. The number of nitrogens with zero attached hydrogens (tertiary/aromatic N) is 1. The molecule has 23 heavy (non-hydrogen) atoms. The van der Waals surface area contributed by atoms with Gasteiger partial charge in [0.05, 0.1) is 7.11 Å². The van der Waals surface area contributed by atoms with Gasteiger partial charge in [0.15, 0.2) is 11.5 Å². The van der Waals surface area contributed by atoms with Crippen LogP contribution in [0.5, 0.6) is 11.5 Å². The smallest absolute Gasteiger partial charge is 0.326 e. The summed E-state index contributed by atoms with van der Waals surface area (Å²) in [4.78, 5) is 24.4. The summed E-state index contributed by atoms with van der Waals surface area (Å²) in [6.45, 7) is 0.471. The number of carboxylic acid groups (broad SMARTS) is 1. The van der Waals surface area contributed by atoms with Crippen molar-refractivity contribution in [3.05, 3.63) is 42.0 Å². The fourth-order valence-electron chi connectivity index (χ4n) is 2.49. The molecule has 1 saturated heterocycles. The van der Waals surface area contributed by atoms with Gasteiger partial charge >= 0.3 is 5.97 Å². The summed E-state index contributed by atoms with van der Waals surface area (Å²) in [5.74, 6) is -0.837. The van der Waals surface area contributed by atoms with Crippen molar-refractivity contribution in [2.45, 2.75) is 18.9 Å². The zero-order chi connectivity index (χ0) is 16.8. The minimum atomic E-state index is -0.962. The topological polar surface area (TPSA) is 87.1 Å². The highest BCUT2D eigenvalue weighted by Crippen LogP contribution is 2.26. The number of likely N-dealkylation sites (tertiary alicyclic amines) is 1. The van der Waals surface area contributed by atoms with Crippen LogP contribution in [0.15, 0.2) is 36.4 Å². The minimum Gasteiger partial charge on any atom is -0.504 e. The lowest BCUT2D eigenvalue weighted by Crippen LogP contribution is -2.39. The number of carbonyl (C=O) groups is 2. The van der Waals surface area contributed by atoms with Gasteiger partial charge in [-0.15, -0.1) is 0 Å². The molecule has 0 saturated carbocycles. The second-order valence-corrected chi connectivity index (χ2v) is 5.18. The molecule has 1 aromatic carbocycles. The first-order chi connectivity index (χ1) is 11.0. The third-order valence-electron chi connectivity index (χ3n) is 3.66. The fraction of sp³-hybridized carbons (Fsp3) is 0.294. The number of carbonyl (C=O) groups excluding carboxylic acids is 1. The molecule has 1 aromatic rings. The monoisotopic (exact) mass is 317 g/mol. The Morgan fingerprint density at radius 1 is 1.35 bits per heavy atom. The van der Waals surface area contributed by atoms with Crippen LogP contribution in [0.3, 0.4) is 0 Å². The van der Waals surface area contributed by atoms with E-state index in [0.717, 1.165) is 5.56 Å². The van der Waals surface area contributed by atoms with Crippen LogP contribution in [0.2, 0.25) is 0 Å². The summed E-state index contributed by atoms with van der Waals surface area (Å²) in [7, 11) is 1.47. The molecule has 1 amide bonds. The van der Waals surface area contributed by atoms with E-state index in [9.17, 15) is 14.7 Å². The molecular weight excluding hydrogens is 298 g/mol. The zero-order valence-electron chi connectivity index (χ0n) is 12.8. The standard InChI is InChI=1S/C17H19NO5/c1-23-15-11-12(8-9-14(15)19)5-2-3-7-16(20)18-10-4-6-13(18)17(21)22/h2-3,5,7-9,11,13,19H,4,6,10H2,1H3,(H,21,22)/b5-2+,7-3+. The van der Waals surface area contributed by atoms with Crippen LogP contribution in [0, 0.1) is 0 Å². The fourth-order valence-corrected chi connectivity index (χ4v) is 2.49. The summed E-state index contributed by atoms with van der Waals surface area (Å²) < 4.78 is 5.01. The average molecular weight is 317 g/mol. The van der Waals surface area contributed by atoms with Crippen molar-refractivity contribution in [3.8, 4) is 11.5 Å². The molecule has 1 fully saturated rings. The van der Waals surface area contributed by atoms with Gasteiger partial charge < -0.3 is 19.8 Å². The van der Waals surface area contributed by atoms with Gasteiger partial charge in [-0.1, -0.05) is 24.3 Å². The highest BCUT2D eigenvalue weighted by atomic mass is 16.5. The quantitative estimate of drug-likeness (QED) is 0.641. The van der Waals surface area contributed by atoms with Gasteiger partial charge in [0.25, 0.3) is 0 Å². The Morgan fingerprint density at radius 2 is 2.13 bits per heavy atom. The molecule has 6 heteroatoms. The first-order valence-electron chi connectivity index (χ1n) is 7.28. The van der Waals surface area contributed by atoms with Crippen LogP contribution < -0.4 is 4.74 Å². The molecule has 122 valence electrons. The van der Waals surface area contributed by atoms with Crippen molar-refractivity contribution in [1.82, 2.24) is 4.90 Å². The first-order valence-corrected chi connectivity index (χ1v) is 7.28. The van der Waals surface area contributed by atoms with Crippen molar-refractivity contribution in [1.29, 1.82) is 0 Å². The second kappa shape index (κ2) is 7.49. The summed E-state index contributed by atoms with van der Waals surface area (Å²) >= 11 is 0. The molecule has 1 unspecified atom stereocenters. The predicted molar refractivity (Wildman–Crippen MR) is 85.2 cm³/mol. The number of methoxy groups -OCH3 is 1. The van der Waals surface area contributed by atoms with Crippen molar-refractivity contribution in [2.75, 3.05) is 13.7 Å². The number of aromatic hydroxyl groups is 1. The number of carboxylic acids is 1. The second-order valence-electron chi connectivity index (χ2n) is 5.18. The summed E-state index contributed by atoms with van der Waals surface area (Å²) in [6, 6.07) is 4.18. The van der Waals surface area contributed by atoms with Crippen molar-refractivity contribution >= 4 is 18.0 Å².